The van der Waals surface area contributed by atoms with Crippen molar-refractivity contribution in [1.82, 2.24) is 4.90 Å². The molecule has 0 aromatic heterocycles. The largest absolute Gasteiger partial charge is 0.374 e. The van der Waals surface area contributed by atoms with Crippen LogP contribution in [0.1, 0.15) is 58.3 Å². The van der Waals surface area contributed by atoms with Gasteiger partial charge in [-0.05, 0) is 62.5 Å². The van der Waals surface area contributed by atoms with Gasteiger partial charge in [0.1, 0.15) is 5.78 Å². The maximum Gasteiger partial charge on any atom is 0.133 e. The lowest BCUT2D eigenvalue weighted by atomic mass is 9.51. The number of hydrogen-bond acceptors (Lipinski definition) is 3. The fraction of sp³-hybridized carbons (Fsp3) is 0.773. The second-order valence-corrected chi connectivity index (χ2v) is 9.71. The second-order valence-electron chi connectivity index (χ2n) is 9.71. The molecule has 3 fully saturated rings. The molecule has 3 heteroatoms. The normalized spacial score (nSPS) is 43.8. The molecular formula is C22H31NO2. The number of carbonyl (C=O) groups excluding carboxylic acids is 1. The second kappa shape index (κ2) is 5.29. The molecule has 1 heterocycles. The Hall–Kier alpha value is -0.930. The highest BCUT2D eigenvalue weighted by Gasteiger charge is 2.63. The van der Waals surface area contributed by atoms with Gasteiger partial charge >= 0.3 is 0 Å². The monoisotopic (exact) mass is 341 g/mol. The van der Waals surface area contributed by atoms with E-state index in [2.05, 4.69) is 24.0 Å². The molecule has 0 aromatic carbocycles. The van der Waals surface area contributed by atoms with E-state index in [0.717, 1.165) is 31.6 Å². The van der Waals surface area contributed by atoms with E-state index in [-0.39, 0.29) is 11.0 Å². The predicted molar refractivity (Wildman–Crippen MR) is 98.3 cm³/mol. The van der Waals surface area contributed by atoms with Crippen molar-refractivity contribution in [3.05, 3.63) is 23.3 Å². The van der Waals surface area contributed by atoms with Crippen LogP contribution in [0.4, 0.5) is 0 Å². The van der Waals surface area contributed by atoms with Crippen LogP contribution < -0.4 is 0 Å². The number of rotatable bonds is 3. The molecule has 0 amide bonds. The lowest BCUT2D eigenvalue weighted by Gasteiger charge is -2.57. The lowest BCUT2D eigenvalue weighted by molar-refractivity contribution is -0.134. The number of ether oxygens (including phenoxy) is 1. The number of allylic oxidation sites excluding steroid dienone is 2. The van der Waals surface area contributed by atoms with Crippen LogP contribution in [0.3, 0.4) is 0 Å². The third-order valence-electron chi connectivity index (χ3n) is 8.12. The third-order valence-corrected chi connectivity index (χ3v) is 8.12. The Labute approximate surface area is 151 Å². The Morgan fingerprint density at radius 2 is 2.08 bits per heavy atom. The van der Waals surface area contributed by atoms with E-state index < -0.39 is 0 Å². The molecule has 1 unspecified atom stereocenters. The highest BCUT2D eigenvalue weighted by atomic mass is 16.5. The lowest BCUT2D eigenvalue weighted by Crippen LogP contribution is -2.57. The molecule has 1 saturated heterocycles. The SMILES string of the molecule is COC1(C)C=CC2=C(C1)[C@]13CCN(CC4CC4)C[C@]1(CCC(=O)C3)C2. The van der Waals surface area contributed by atoms with E-state index in [9.17, 15) is 4.79 Å². The maximum absolute atomic E-state index is 12.5. The van der Waals surface area contributed by atoms with Crippen molar-refractivity contribution in [3.8, 4) is 0 Å². The van der Waals surface area contributed by atoms with Gasteiger partial charge < -0.3 is 9.64 Å². The summed E-state index contributed by atoms with van der Waals surface area (Å²) in [5.74, 6) is 1.45. The maximum atomic E-state index is 12.5. The number of hydrogen-bond donors (Lipinski definition) is 0. The van der Waals surface area contributed by atoms with Crippen molar-refractivity contribution < 1.29 is 9.53 Å². The Morgan fingerprint density at radius 3 is 2.84 bits per heavy atom. The number of methoxy groups -OCH3 is 1. The van der Waals surface area contributed by atoms with Crippen molar-refractivity contribution in [2.45, 2.75) is 63.9 Å². The van der Waals surface area contributed by atoms with Crippen LogP contribution in [0.15, 0.2) is 23.3 Å². The Balaban J connectivity index is 1.51. The van der Waals surface area contributed by atoms with Gasteiger partial charge in [-0.1, -0.05) is 17.7 Å². The molecule has 25 heavy (non-hydrogen) atoms. The summed E-state index contributed by atoms with van der Waals surface area (Å²) in [5.41, 5.74) is 3.36. The van der Waals surface area contributed by atoms with E-state index in [0.29, 0.717) is 11.2 Å². The molecule has 0 bridgehead atoms. The molecular weight excluding hydrogens is 310 g/mol. The topological polar surface area (TPSA) is 29.5 Å². The van der Waals surface area contributed by atoms with Crippen LogP contribution in [0, 0.1) is 16.7 Å². The van der Waals surface area contributed by atoms with Gasteiger partial charge in [0.25, 0.3) is 0 Å². The first kappa shape index (κ1) is 16.3. The third kappa shape index (κ3) is 2.35. The number of Topliss-reactive ketones (excluding diaryl/α,β-unsaturated/α-hetero) is 1. The van der Waals surface area contributed by atoms with Gasteiger partial charge in [0.05, 0.1) is 5.60 Å². The molecule has 1 aliphatic heterocycles. The minimum atomic E-state index is -0.199. The van der Waals surface area contributed by atoms with E-state index in [4.69, 9.17) is 4.74 Å². The van der Waals surface area contributed by atoms with Crippen LogP contribution in [-0.2, 0) is 9.53 Å². The first-order valence-electron chi connectivity index (χ1n) is 10.2. The molecule has 0 spiro atoms. The Morgan fingerprint density at radius 1 is 1.24 bits per heavy atom. The molecule has 2 saturated carbocycles. The highest BCUT2D eigenvalue weighted by Crippen LogP contribution is 2.68. The zero-order chi connectivity index (χ0) is 17.3. The van der Waals surface area contributed by atoms with Crippen LogP contribution in [0.25, 0.3) is 0 Å². The summed E-state index contributed by atoms with van der Waals surface area (Å²) >= 11 is 0. The van der Waals surface area contributed by atoms with Crippen molar-refractivity contribution in [1.29, 1.82) is 0 Å². The molecule has 136 valence electrons. The smallest absolute Gasteiger partial charge is 0.133 e. The van der Waals surface area contributed by atoms with Gasteiger partial charge in [-0.3, -0.25) is 4.79 Å². The van der Waals surface area contributed by atoms with Crippen LogP contribution in [0.2, 0.25) is 0 Å². The average molecular weight is 341 g/mol. The van der Waals surface area contributed by atoms with Crippen molar-refractivity contribution >= 4 is 5.78 Å². The van der Waals surface area contributed by atoms with Gasteiger partial charge in [-0.2, -0.15) is 0 Å². The molecule has 0 aromatic rings. The van der Waals surface area contributed by atoms with E-state index in [1.54, 1.807) is 5.57 Å². The van der Waals surface area contributed by atoms with Gasteiger partial charge in [0, 0.05) is 44.9 Å². The van der Waals surface area contributed by atoms with E-state index in [1.807, 2.05) is 7.11 Å². The molecule has 0 N–H and O–H groups in total. The summed E-state index contributed by atoms with van der Waals surface area (Å²) in [5, 5.41) is 0. The zero-order valence-electron chi connectivity index (χ0n) is 15.8. The van der Waals surface area contributed by atoms with Gasteiger partial charge in [-0.25, -0.2) is 0 Å². The quantitative estimate of drug-likeness (QED) is 0.780. The molecule has 0 radical (unpaired) electrons. The van der Waals surface area contributed by atoms with Crippen LogP contribution in [0.5, 0.6) is 0 Å². The van der Waals surface area contributed by atoms with Gasteiger partial charge in [-0.15, -0.1) is 0 Å². The summed E-state index contributed by atoms with van der Waals surface area (Å²) in [4.78, 5) is 15.3. The molecule has 3 nitrogen and oxygen atoms in total. The number of nitrogens with zero attached hydrogens (tertiary/aromatic N) is 1. The van der Waals surface area contributed by atoms with Crippen molar-refractivity contribution in [2.75, 3.05) is 26.7 Å². The van der Waals surface area contributed by atoms with Gasteiger partial charge in [0.2, 0.25) is 0 Å². The first-order chi connectivity index (χ1) is 12.0. The zero-order valence-corrected chi connectivity index (χ0v) is 15.8. The Kier molecular flexibility index (Phi) is 3.44. The minimum absolute atomic E-state index is 0.127. The van der Waals surface area contributed by atoms with Crippen molar-refractivity contribution in [2.24, 2.45) is 16.7 Å². The summed E-state index contributed by atoms with van der Waals surface area (Å²) in [7, 11) is 1.82. The van der Waals surface area contributed by atoms with Gasteiger partial charge in [0.15, 0.2) is 0 Å². The minimum Gasteiger partial charge on any atom is -0.374 e. The molecule has 4 aliphatic carbocycles. The van der Waals surface area contributed by atoms with Crippen LogP contribution >= 0.6 is 0 Å². The fourth-order valence-corrected chi connectivity index (χ4v) is 6.43. The van der Waals surface area contributed by atoms with E-state index in [1.165, 1.54) is 50.9 Å². The average Bonchev–Trinajstić information content (AvgIpc) is 3.36. The predicted octanol–water partition coefficient (Wildman–Crippen LogP) is 3.89. The molecule has 5 aliphatic rings. The molecule has 3 atom stereocenters. The van der Waals surface area contributed by atoms with E-state index >= 15 is 0 Å². The molecule has 5 rings (SSSR count). The number of carbonyl (C=O) groups is 1. The number of piperidine rings is 1. The summed E-state index contributed by atoms with van der Waals surface area (Å²) < 4.78 is 5.83. The van der Waals surface area contributed by atoms with Crippen LogP contribution in [-0.4, -0.2) is 43.0 Å². The fourth-order valence-electron chi connectivity index (χ4n) is 6.43. The highest BCUT2D eigenvalue weighted by molar-refractivity contribution is 5.81. The standard InChI is InChI=1S/C22H31NO2/c1-20(25-2)7-5-17-11-21-8-6-18(24)12-22(21,19(17)13-20)9-10-23(15-21)14-16-3-4-16/h5,7,16H,3-4,6,8-15H2,1-2H3/t20?,21-,22+/m0/s1. The van der Waals surface area contributed by atoms with Crippen molar-refractivity contribution in [3.63, 3.8) is 0 Å². The summed E-state index contributed by atoms with van der Waals surface area (Å²) in [6.07, 6.45) is 13.5. The first-order valence-corrected chi connectivity index (χ1v) is 10.2. The Bertz CT molecular complexity index is 676. The number of ketones is 1. The summed E-state index contributed by atoms with van der Waals surface area (Å²) in [6, 6.07) is 0. The number of likely N-dealkylation sites (tertiary alicyclic amines) is 1. The summed E-state index contributed by atoms with van der Waals surface area (Å²) in [6.45, 7) is 5.87.